The predicted molar refractivity (Wildman–Crippen MR) is 65.2 cm³/mol. The van der Waals surface area contributed by atoms with E-state index in [1.807, 2.05) is 0 Å². The van der Waals surface area contributed by atoms with Gasteiger partial charge in [0.2, 0.25) is 0 Å². The average molecular weight is 238 g/mol. The molecule has 1 fully saturated rings. The van der Waals surface area contributed by atoms with E-state index < -0.39 is 0 Å². The molecule has 1 heterocycles. The van der Waals surface area contributed by atoms with Crippen molar-refractivity contribution in [3.8, 4) is 0 Å². The Morgan fingerprint density at radius 1 is 1.47 bits per heavy atom. The third kappa shape index (κ3) is 3.25. The summed E-state index contributed by atoms with van der Waals surface area (Å²) >= 11 is 0. The molecule has 1 aliphatic heterocycles. The molecule has 3 nitrogen and oxygen atoms in total. The Morgan fingerprint density at radius 3 is 2.82 bits per heavy atom. The lowest BCUT2D eigenvalue weighted by molar-refractivity contribution is -0.00281. The molecule has 2 rings (SSSR count). The molecular weight excluding hydrogens is 219 g/mol. The smallest absolute Gasteiger partial charge is 0.123 e. The van der Waals surface area contributed by atoms with Crippen LogP contribution in [0.4, 0.5) is 4.39 Å². The van der Waals surface area contributed by atoms with Gasteiger partial charge in [-0.05, 0) is 24.6 Å². The van der Waals surface area contributed by atoms with Crippen LogP contribution in [-0.4, -0.2) is 37.2 Å². The van der Waals surface area contributed by atoms with Gasteiger partial charge in [-0.1, -0.05) is 12.1 Å². The normalized spacial score (nSPS) is 23.6. The van der Waals surface area contributed by atoms with Gasteiger partial charge in [-0.3, -0.25) is 4.90 Å². The van der Waals surface area contributed by atoms with Crippen LogP contribution in [0.5, 0.6) is 0 Å². The fraction of sp³-hybridized carbons (Fsp3) is 0.538. The van der Waals surface area contributed by atoms with Gasteiger partial charge in [0.15, 0.2) is 0 Å². The highest BCUT2D eigenvalue weighted by Gasteiger charge is 2.21. The van der Waals surface area contributed by atoms with E-state index in [1.165, 1.54) is 12.1 Å². The van der Waals surface area contributed by atoms with Gasteiger partial charge >= 0.3 is 0 Å². The molecular formula is C13H19FN2O. The number of benzene rings is 1. The van der Waals surface area contributed by atoms with E-state index in [-0.39, 0.29) is 11.9 Å². The average Bonchev–Trinajstić information content (AvgIpc) is 2.33. The molecule has 0 amide bonds. The molecule has 0 aliphatic carbocycles. The van der Waals surface area contributed by atoms with E-state index in [9.17, 15) is 4.39 Å². The first-order valence-corrected chi connectivity index (χ1v) is 5.99. The second kappa shape index (κ2) is 5.58. The second-order valence-electron chi connectivity index (χ2n) is 4.58. The Hall–Kier alpha value is -0.970. The van der Waals surface area contributed by atoms with Crippen molar-refractivity contribution in [2.45, 2.75) is 19.0 Å². The number of hydrogen-bond acceptors (Lipinski definition) is 3. The zero-order valence-electron chi connectivity index (χ0n) is 10.1. The van der Waals surface area contributed by atoms with E-state index in [2.05, 4.69) is 11.8 Å². The van der Waals surface area contributed by atoms with Gasteiger partial charge in [0.25, 0.3) is 0 Å². The van der Waals surface area contributed by atoms with E-state index in [0.717, 1.165) is 31.9 Å². The fourth-order valence-corrected chi connectivity index (χ4v) is 2.10. The maximum Gasteiger partial charge on any atom is 0.123 e. The van der Waals surface area contributed by atoms with Crippen molar-refractivity contribution >= 4 is 0 Å². The van der Waals surface area contributed by atoms with Gasteiger partial charge in [-0.25, -0.2) is 4.39 Å². The standard InChI is InChI=1S/C13H19FN2O/c1-10-9-17-7-6-16(10)8-13(15)11-2-4-12(14)5-3-11/h2-5,10,13H,6-9,15H2,1H3. The van der Waals surface area contributed by atoms with Crippen molar-refractivity contribution in [1.82, 2.24) is 4.90 Å². The molecule has 1 aromatic rings. The van der Waals surface area contributed by atoms with Crippen LogP contribution in [0.15, 0.2) is 24.3 Å². The SMILES string of the molecule is CC1COCCN1CC(N)c1ccc(F)cc1. The number of halogens is 1. The highest BCUT2D eigenvalue weighted by molar-refractivity contribution is 5.19. The quantitative estimate of drug-likeness (QED) is 0.868. The summed E-state index contributed by atoms with van der Waals surface area (Å²) < 4.78 is 18.2. The van der Waals surface area contributed by atoms with Crippen LogP contribution in [0.1, 0.15) is 18.5 Å². The molecule has 2 unspecified atom stereocenters. The van der Waals surface area contributed by atoms with E-state index in [1.54, 1.807) is 12.1 Å². The molecule has 1 aromatic carbocycles. The number of nitrogens with two attached hydrogens (primary N) is 1. The lowest BCUT2D eigenvalue weighted by atomic mass is 10.1. The molecule has 0 bridgehead atoms. The molecule has 0 saturated carbocycles. The van der Waals surface area contributed by atoms with Crippen LogP contribution >= 0.6 is 0 Å². The van der Waals surface area contributed by atoms with Gasteiger partial charge in [-0.15, -0.1) is 0 Å². The van der Waals surface area contributed by atoms with Crippen molar-refractivity contribution in [2.75, 3.05) is 26.3 Å². The van der Waals surface area contributed by atoms with Crippen molar-refractivity contribution in [1.29, 1.82) is 0 Å². The summed E-state index contributed by atoms with van der Waals surface area (Å²) in [6.07, 6.45) is 0. The number of morpholine rings is 1. The Morgan fingerprint density at radius 2 is 2.18 bits per heavy atom. The number of nitrogens with zero attached hydrogens (tertiary/aromatic N) is 1. The van der Waals surface area contributed by atoms with Crippen molar-refractivity contribution in [2.24, 2.45) is 5.73 Å². The molecule has 0 aromatic heterocycles. The molecule has 4 heteroatoms. The summed E-state index contributed by atoms with van der Waals surface area (Å²) in [6, 6.07) is 6.75. The number of hydrogen-bond donors (Lipinski definition) is 1. The first-order chi connectivity index (χ1) is 8.16. The summed E-state index contributed by atoms with van der Waals surface area (Å²) in [5.41, 5.74) is 7.11. The topological polar surface area (TPSA) is 38.5 Å². The Labute approximate surface area is 101 Å². The highest BCUT2D eigenvalue weighted by atomic mass is 19.1. The first-order valence-electron chi connectivity index (χ1n) is 5.99. The maximum atomic E-state index is 12.8. The van der Waals surface area contributed by atoms with E-state index >= 15 is 0 Å². The minimum Gasteiger partial charge on any atom is -0.379 e. The Bertz CT molecular complexity index is 355. The molecule has 1 aliphatic rings. The summed E-state index contributed by atoms with van der Waals surface area (Å²) in [5.74, 6) is -0.222. The van der Waals surface area contributed by atoms with Gasteiger partial charge in [0.1, 0.15) is 5.82 Å². The third-order valence-corrected chi connectivity index (χ3v) is 3.23. The molecule has 17 heavy (non-hydrogen) atoms. The molecule has 2 atom stereocenters. The predicted octanol–water partition coefficient (Wildman–Crippen LogP) is 1.55. The summed E-state index contributed by atoms with van der Waals surface area (Å²) in [6.45, 7) is 5.36. The molecule has 0 radical (unpaired) electrons. The monoisotopic (exact) mass is 238 g/mol. The zero-order chi connectivity index (χ0) is 12.3. The molecule has 2 N–H and O–H groups in total. The van der Waals surface area contributed by atoms with E-state index in [0.29, 0.717) is 6.04 Å². The third-order valence-electron chi connectivity index (χ3n) is 3.23. The summed E-state index contributed by atoms with van der Waals surface area (Å²) in [5, 5.41) is 0. The minimum atomic E-state index is -0.222. The van der Waals surface area contributed by atoms with Crippen LogP contribution in [0, 0.1) is 5.82 Å². The zero-order valence-corrected chi connectivity index (χ0v) is 10.1. The van der Waals surface area contributed by atoms with Gasteiger partial charge in [0, 0.05) is 25.2 Å². The first kappa shape index (κ1) is 12.5. The fourth-order valence-electron chi connectivity index (χ4n) is 2.10. The minimum absolute atomic E-state index is 0.0730. The lowest BCUT2D eigenvalue weighted by Gasteiger charge is -2.34. The van der Waals surface area contributed by atoms with Crippen molar-refractivity contribution in [3.63, 3.8) is 0 Å². The van der Waals surface area contributed by atoms with Crippen molar-refractivity contribution < 1.29 is 9.13 Å². The number of rotatable bonds is 3. The second-order valence-corrected chi connectivity index (χ2v) is 4.58. The van der Waals surface area contributed by atoms with Gasteiger partial charge in [0.05, 0.1) is 13.2 Å². The largest absolute Gasteiger partial charge is 0.379 e. The van der Waals surface area contributed by atoms with Crippen LogP contribution < -0.4 is 5.73 Å². The van der Waals surface area contributed by atoms with Crippen LogP contribution in [-0.2, 0) is 4.74 Å². The van der Waals surface area contributed by atoms with E-state index in [4.69, 9.17) is 10.5 Å². The van der Waals surface area contributed by atoms with Crippen LogP contribution in [0.25, 0.3) is 0 Å². The number of ether oxygens (including phenoxy) is 1. The lowest BCUT2D eigenvalue weighted by Crippen LogP contribution is -2.46. The van der Waals surface area contributed by atoms with Gasteiger partial charge in [-0.2, -0.15) is 0 Å². The van der Waals surface area contributed by atoms with Gasteiger partial charge < -0.3 is 10.5 Å². The van der Waals surface area contributed by atoms with Crippen LogP contribution in [0.3, 0.4) is 0 Å². The van der Waals surface area contributed by atoms with Crippen LogP contribution in [0.2, 0.25) is 0 Å². The molecule has 1 saturated heterocycles. The Kier molecular flexibility index (Phi) is 4.10. The molecule has 0 spiro atoms. The summed E-state index contributed by atoms with van der Waals surface area (Å²) in [7, 11) is 0. The summed E-state index contributed by atoms with van der Waals surface area (Å²) in [4.78, 5) is 2.32. The highest BCUT2D eigenvalue weighted by Crippen LogP contribution is 2.15. The maximum absolute atomic E-state index is 12.8. The Balaban J connectivity index is 1.95. The molecule has 94 valence electrons. The van der Waals surface area contributed by atoms with Crippen molar-refractivity contribution in [3.05, 3.63) is 35.6 Å².